The molecule has 1 rings (SSSR count). The number of para-hydroxylation sites is 1. The number of ether oxygens (including phenoxy) is 1. The van der Waals surface area contributed by atoms with E-state index < -0.39 is 0 Å². The second-order valence-corrected chi connectivity index (χ2v) is 4.86. The van der Waals surface area contributed by atoms with Gasteiger partial charge in [0.1, 0.15) is 5.75 Å². The van der Waals surface area contributed by atoms with Crippen LogP contribution in [-0.2, 0) is 0 Å². The first-order valence-electron chi connectivity index (χ1n) is 6.12. The van der Waals surface area contributed by atoms with Gasteiger partial charge in [-0.25, -0.2) is 0 Å². The summed E-state index contributed by atoms with van der Waals surface area (Å²) in [5.74, 6) is 2.47. The Morgan fingerprint density at radius 2 is 2.06 bits per heavy atom. The highest BCUT2D eigenvalue weighted by atomic mass is 32.2. The lowest BCUT2D eigenvalue weighted by Gasteiger charge is -2.08. The van der Waals surface area contributed by atoms with Crippen molar-refractivity contribution in [3.63, 3.8) is 0 Å². The van der Waals surface area contributed by atoms with Gasteiger partial charge in [0.05, 0.1) is 17.9 Å². The number of thioether (sulfide) groups is 1. The minimum atomic E-state index is 0.162. The van der Waals surface area contributed by atoms with Gasteiger partial charge in [-0.05, 0) is 31.2 Å². The molecule has 0 fully saturated rings. The van der Waals surface area contributed by atoms with Gasteiger partial charge in [0.15, 0.2) is 5.78 Å². The van der Waals surface area contributed by atoms with Gasteiger partial charge in [-0.1, -0.05) is 25.5 Å². The van der Waals surface area contributed by atoms with Gasteiger partial charge in [-0.15, -0.1) is 0 Å². The normalized spacial score (nSPS) is 10.2. The summed E-state index contributed by atoms with van der Waals surface area (Å²) < 4.78 is 5.46. The number of unbranched alkanes of at least 4 members (excludes halogenated alkanes) is 1. The second kappa shape index (κ2) is 8.18. The first-order valence-corrected chi connectivity index (χ1v) is 7.27. The Bertz CT molecular complexity index is 350. The maximum Gasteiger partial charge on any atom is 0.176 e. The zero-order valence-electron chi connectivity index (χ0n) is 10.6. The molecule has 0 atom stereocenters. The van der Waals surface area contributed by atoms with E-state index in [9.17, 15) is 4.79 Å². The molecule has 0 amide bonds. The van der Waals surface area contributed by atoms with Crippen LogP contribution in [0.5, 0.6) is 5.75 Å². The summed E-state index contributed by atoms with van der Waals surface area (Å²) in [6, 6.07) is 7.47. The van der Waals surface area contributed by atoms with Crippen LogP contribution >= 0.6 is 11.8 Å². The fraction of sp³-hybridized carbons (Fsp3) is 0.500. The number of ketones is 1. The zero-order chi connectivity index (χ0) is 12.5. The Hall–Kier alpha value is -0.960. The predicted molar refractivity (Wildman–Crippen MR) is 74.2 cm³/mol. The fourth-order valence-electron chi connectivity index (χ4n) is 1.47. The number of hydrogen-bond donors (Lipinski definition) is 0. The van der Waals surface area contributed by atoms with Crippen molar-refractivity contribution in [2.24, 2.45) is 0 Å². The topological polar surface area (TPSA) is 26.3 Å². The Morgan fingerprint density at radius 1 is 1.29 bits per heavy atom. The maximum absolute atomic E-state index is 12.0. The van der Waals surface area contributed by atoms with Crippen LogP contribution in [0.15, 0.2) is 24.3 Å². The van der Waals surface area contributed by atoms with Crippen LogP contribution < -0.4 is 4.74 Å². The van der Waals surface area contributed by atoms with Crippen LogP contribution in [0.3, 0.4) is 0 Å². The van der Waals surface area contributed by atoms with E-state index in [0.717, 1.165) is 5.75 Å². The third-order valence-corrected chi connectivity index (χ3v) is 3.41. The van der Waals surface area contributed by atoms with E-state index in [-0.39, 0.29) is 5.78 Å². The molecule has 0 N–H and O–H groups in total. The van der Waals surface area contributed by atoms with Crippen LogP contribution in [0.1, 0.15) is 37.0 Å². The molecule has 0 saturated carbocycles. The molecule has 94 valence electrons. The predicted octanol–water partition coefficient (Wildman–Crippen LogP) is 3.80. The van der Waals surface area contributed by atoms with Gasteiger partial charge >= 0.3 is 0 Å². The molecular formula is C14H20O2S. The lowest BCUT2D eigenvalue weighted by Crippen LogP contribution is -2.06. The van der Waals surface area contributed by atoms with Gasteiger partial charge in [0.25, 0.3) is 0 Å². The summed E-state index contributed by atoms with van der Waals surface area (Å²) in [7, 11) is 0. The first kappa shape index (κ1) is 14.1. The summed E-state index contributed by atoms with van der Waals surface area (Å²) in [5.41, 5.74) is 0.707. The first-order chi connectivity index (χ1) is 8.29. The molecule has 0 aliphatic heterocycles. The van der Waals surface area contributed by atoms with Gasteiger partial charge < -0.3 is 4.74 Å². The highest BCUT2D eigenvalue weighted by Gasteiger charge is 2.11. The summed E-state index contributed by atoms with van der Waals surface area (Å²) >= 11 is 1.70. The molecular weight excluding hydrogens is 232 g/mol. The van der Waals surface area contributed by atoms with Gasteiger partial charge in [0.2, 0.25) is 0 Å². The smallest absolute Gasteiger partial charge is 0.176 e. The molecule has 0 heterocycles. The van der Waals surface area contributed by atoms with Crippen molar-refractivity contribution in [2.75, 3.05) is 18.1 Å². The van der Waals surface area contributed by atoms with Gasteiger partial charge in [0, 0.05) is 0 Å². The average molecular weight is 252 g/mol. The molecule has 0 aliphatic rings. The van der Waals surface area contributed by atoms with Crippen LogP contribution in [0.2, 0.25) is 0 Å². The number of carbonyl (C=O) groups excluding carboxylic acids is 1. The van der Waals surface area contributed by atoms with Crippen molar-refractivity contribution >= 4 is 17.5 Å². The quantitative estimate of drug-likeness (QED) is 0.520. The molecule has 0 aromatic heterocycles. The van der Waals surface area contributed by atoms with Crippen molar-refractivity contribution < 1.29 is 9.53 Å². The van der Waals surface area contributed by atoms with Crippen LogP contribution in [-0.4, -0.2) is 23.9 Å². The molecule has 2 nitrogen and oxygen atoms in total. The lowest BCUT2D eigenvalue weighted by atomic mass is 10.1. The van der Waals surface area contributed by atoms with Gasteiger partial charge in [-0.2, -0.15) is 11.8 Å². The van der Waals surface area contributed by atoms with Crippen LogP contribution in [0.25, 0.3) is 0 Å². The van der Waals surface area contributed by atoms with E-state index in [0.29, 0.717) is 23.7 Å². The van der Waals surface area contributed by atoms with Crippen molar-refractivity contribution in [3.8, 4) is 5.75 Å². The van der Waals surface area contributed by atoms with Crippen LogP contribution in [0.4, 0.5) is 0 Å². The number of benzene rings is 1. The summed E-state index contributed by atoms with van der Waals surface area (Å²) in [6.45, 7) is 4.68. The number of rotatable bonds is 8. The van der Waals surface area contributed by atoms with E-state index in [1.54, 1.807) is 11.8 Å². The van der Waals surface area contributed by atoms with E-state index in [4.69, 9.17) is 4.74 Å². The van der Waals surface area contributed by atoms with Crippen molar-refractivity contribution in [3.05, 3.63) is 29.8 Å². The van der Waals surface area contributed by atoms with Crippen molar-refractivity contribution in [2.45, 2.75) is 26.7 Å². The minimum Gasteiger partial charge on any atom is -0.493 e. The third-order valence-electron chi connectivity index (χ3n) is 2.36. The molecule has 0 radical (unpaired) electrons. The summed E-state index contributed by atoms with van der Waals surface area (Å²) in [6.07, 6.45) is 2.35. The monoisotopic (exact) mass is 252 g/mol. The van der Waals surface area contributed by atoms with E-state index >= 15 is 0 Å². The largest absolute Gasteiger partial charge is 0.493 e. The minimum absolute atomic E-state index is 0.162. The molecule has 0 saturated heterocycles. The molecule has 0 bridgehead atoms. The standard InChI is InChI=1S/C14H20O2S/c1-3-5-10-17-11-13(15)12-8-6-7-9-14(12)16-4-2/h6-9H,3-5,10-11H2,1-2H3. The van der Waals surface area contributed by atoms with Gasteiger partial charge in [-0.3, -0.25) is 4.79 Å². The third kappa shape index (κ3) is 4.82. The maximum atomic E-state index is 12.0. The van der Waals surface area contributed by atoms with Crippen molar-refractivity contribution in [1.29, 1.82) is 0 Å². The average Bonchev–Trinajstić information content (AvgIpc) is 2.35. The highest BCUT2D eigenvalue weighted by molar-refractivity contribution is 7.99. The van der Waals surface area contributed by atoms with E-state index in [1.165, 1.54) is 12.8 Å². The lowest BCUT2D eigenvalue weighted by molar-refractivity contribution is 0.101. The Labute approximate surface area is 108 Å². The molecule has 1 aromatic rings. The SMILES string of the molecule is CCCCSCC(=O)c1ccccc1OCC. The Morgan fingerprint density at radius 3 is 2.76 bits per heavy atom. The molecule has 0 unspecified atom stereocenters. The highest BCUT2D eigenvalue weighted by Crippen LogP contribution is 2.20. The number of Topliss-reactive ketones (excluding diaryl/α,β-unsaturated/α-hetero) is 1. The summed E-state index contributed by atoms with van der Waals surface area (Å²) in [4.78, 5) is 12.0. The molecule has 0 aliphatic carbocycles. The van der Waals surface area contributed by atoms with E-state index in [2.05, 4.69) is 6.92 Å². The molecule has 0 spiro atoms. The number of carbonyl (C=O) groups is 1. The van der Waals surface area contributed by atoms with E-state index in [1.807, 2.05) is 31.2 Å². The molecule has 3 heteroatoms. The second-order valence-electron chi connectivity index (χ2n) is 3.76. The molecule has 1 aromatic carbocycles. The Kier molecular flexibility index (Phi) is 6.78. The zero-order valence-corrected chi connectivity index (χ0v) is 11.4. The number of hydrogen-bond acceptors (Lipinski definition) is 3. The van der Waals surface area contributed by atoms with Crippen LogP contribution in [0, 0.1) is 0 Å². The molecule has 17 heavy (non-hydrogen) atoms. The van der Waals surface area contributed by atoms with Crippen molar-refractivity contribution in [1.82, 2.24) is 0 Å². The Balaban J connectivity index is 2.55. The summed E-state index contributed by atoms with van der Waals surface area (Å²) in [5, 5.41) is 0. The fourth-order valence-corrected chi connectivity index (χ4v) is 2.45.